The first-order valence-corrected chi connectivity index (χ1v) is 6.03. The van der Waals surface area contributed by atoms with Crippen LogP contribution in [-0.4, -0.2) is 17.3 Å². The van der Waals surface area contributed by atoms with E-state index in [9.17, 15) is 9.50 Å². The van der Waals surface area contributed by atoms with Crippen LogP contribution >= 0.6 is 0 Å². The fourth-order valence-electron chi connectivity index (χ4n) is 2.65. The number of rotatable bonds is 5. The van der Waals surface area contributed by atoms with Gasteiger partial charge < -0.3 is 10.8 Å². The molecule has 0 saturated heterocycles. The number of hydrogen-bond donors (Lipinski definition) is 2. The Morgan fingerprint density at radius 1 is 1.35 bits per heavy atom. The second-order valence-corrected chi connectivity index (χ2v) is 5.14. The van der Waals surface area contributed by atoms with Crippen LogP contribution in [-0.2, 0) is 5.41 Å². The smallest absolute Gasteiger partial charge is 0.123 e. The minimum absolute atomic E-state index is 0.0466. The molecule has 0 aliphatic rings. The van der Waals surface area contributed by atoms with Crippen LogP contribution in [0.1, 0.15) is 39.2 Å². The van der Waals surface area contributed by atoms with Crippen LogP contribution < -0.4 is 5.73 Å². The van der Waals surface area contributed by atoms with Gasteiger partial charge in [0.2, 0.25) is 0 Å². The molecule has 0 aromatic heterocycles. The normalized spacial score (nSPS) is 15.6. The molecule has 1 rings (SSSR count). The summed E-state index contributed by atoms with van der Waals surface area (Å²) in [6.45, 7) is 5.92. The number of aliphatic hydroxyl groups is 1. The van der Waals surface area contributed by atoms with E-state index in [2.05, 4.69) is 0 Å². The number of nitrogens with two attached hydrogens (primary N) is 1. The average Bonchev–Trinajstić information content (AvgIpc) is 2.24. The standard InChI is InChI=1S/C14H22FNO/c1-4-14(8-9-17,13(2,3)16)11-6-5-7-12(15)10-11/h5-7,10,17H,4,8-9,16H2,1-3H3. The molecule has 0 aliphatic carbocycles. The Bertz CT molecular complexity index is 373. The van der Waals surface area contributed by atoms with Gasteiger partial charge in [-0.05, 0) is 44.4 Å². The van der Waals surface area contributed by atoms with Crippen LogP contribution in [0.3, 0.4) is 0 Å². The summed E-state index contributed by atoms with van der Waals surface area (Å²) in [6, 6.07) is 6.52. The highest BCUT2D eigenvalue weighted by atomic mass is 19.1. The van der Waals surface area contributed by atoms with Crippen LogP contribution in [0.2, 0.25) is 0 Å². The van der Waals surface area contributed by atoms with E-state index in [1.54, 1.807) is 6.07 Å². The van der Waals surface area contributed by atoms with Crippen molar-refractivity contribution < 1.29 is 9.50 Å². The minimum Gasteiger partial charge on any atom is -0.396 e. The van der Waals surface area contributed by atoms with Crippen molar-refractivity contribution in [1.82, 2.24) is 0 Å². The van der Waals surface area contributed by atoms with Gasteiger partial charge in [-0.3, -0.25) is 0 Å². The quantitative estimate of drug-likeness (QED) is 0.829. The Morgan fingerprint density at radius 2 is 2.00 bits per heavy atom. The third-order valence-corrected chi connectivity index (χ3v) is 3.75. The maximum absolute atomic E-state index is 13.4. The molecule has 0 saturated carbocycles. The van der Waals surface area contributed by atoms with Crippen molar-refractivity contribution in [3.05, 3.63) is 35.6 Å². The highest BCUT2D eigenvalue weighted by Gasteiger charge is 2.42. The van der Waals surface area contributed by atoms with E-state index in [-0.39, 0.29) is 12.4 Å². The van der Waals surface area contributed by atoms with Gasteiger partial charge in [0, 0.05) is 17.6 Å². The van der Waals surface area contributed by atoms with Gasteiger partial charge in [0.1, 0.15) is 5.82 Å². The predicted molar refractivity (Wildman–Crippen MR) is 68.3 cm³/mol. The van der Waals surface area contributed by atoms with Crippen molar-refractivity contribution in [2.75, 3.05) is 6.61 Å². The molecular formula is C14H22FNO. The van der Waals surface area contributed by atoms with Crippen LogP contribution in [0.5, 0.6) is 0 Å². The van der Waals surface area contributed by atoms with Crippen LogP contribution in [0.4, 0.5) is 4.39 Å². The highest BCUT2D eigenvalue weighted by molar-refractivity contribution is 5.30. The zero-order valence-corrected chi connectivity index (χ0v) is 10.8. The molecule has 17 heavy (non-hydrogen) atoms. The SMILES string of the molecule is CCC(CCO)(c1cccc(F)c1)C(C)(C)N. The molecule has 1 aromatic rings. The molecule has 0 heterocycles. The van der Waals surface area contributed by atoms with Crippen LogP contribution in [0.25, 0.3) is 0 Å². The number of benzene rings is 1. The van der Waals surface area contributed by atoms with E-state index in [4.69, 9.17) is 5.73 Å². The Kier molecular flexibility index (Phi) is 4.28. The van der Waals surface area contributed by atoms with E-state index in [0.717, 1.165) is 12.0 Å². The maximum atomic E-state index is 13.4. The largest absolute Gasteiger partial charge is 0.396 e. The third-order valence-electron chi connectivity index (χ3n) is 3.75. The van der Waals surface area contributed by atoms with Gasteiger partial charge in [-0.2, -0.15) is 0 Å². The molecule has 96 valence electrons. The molecule has 1 unspecified atom stereocenters. The molecular weight excluding hydrogens is 217 g/mol. The summed E-state index contributed by atoms with van der Waals surface area (Å²) in [5.41, 5.74) is 6.21. The van der Waals surface area contributed by atoms with Gasteiger partial charge in [0.05, 0.1) is 0 Å². The van der Waals surface area contributed by atoms with E-state index in [0.29, 0.717) is 6.42 Å². The Balaban J connectivity index is 3.32. The van der Waals surface area contributed by atoms with Gasteiger partial charge in [0.25, 0.3) is 0 Å². The highest BCUT2D eigenvalue weighted by Crippen LogP contribution is 2.40. The van der Waals surface area contributed by atoms with Gasteiger partial charge in [-0.1, -0.05) is 19.1 Å². The fraction of sp³-hybridized carbons (Fsp3) is 0.571. The number of aliphatic hydroxyl groups excluding tert-OH is 1. The molecule has 0 fully saturated rings. The Hall–Kier alpha value is -0.930. The summed E-state index contributed by atoms with van der Waals surface area (Å²) in [7, 11) is 0. The van der Waals surface area contributed by atoms with Gasteiger partial charge >= 0.3 is 0 Å². The number of hydrogen-bond acceptors (Lipinski definition) is 2. The van der Waals surface area contributed by atoms with Crippen LogP contribution in [0.15, 0.2) is 24.3 Å². The fourth-order valence-corrected chi connectivity index (χ4v) is 2.65. The summed E-state index contributed by atoms with van der Waals surface area (Å²) in [6.07, 6.45) is 1.30. The molecule has 1 aromatic carbocycles. The molecule has 3 heteroatoms. The summed E-state index contributed by atoms with van der Waals surface area (Å²) >= 11 is 0. The summed E-state index contributed by atoms with van der Waals surface area (Å²) in [4.78, 5) is 0. The van der Waals surface area contributed by atoms with E-state index < -0.39 is 11.0 Å². The average molecular weight is 239 g/mol. The van der Waals surface area contributed by atoms with E-state index >= 15 is 0 Å². The molecule has 1 atom stereocenters. The first-order chi connectivity index (χ1) is 7.87. The minimum atomic E-state index is -0.516. The maximum Gasteiger partial charge on any atom is 0.123 e. The molecule has 3 N–H and O–H groups in total. The first kappa shape index (κ1) is 14.1. The Morgan fingerprint density at radius 3 is 2.41 bits per heavy atom. The van der Waals surface area contributed by atoms with Crippen molar-refractivity contribution in [3.8, 4) is 0 Å². The molecule has 0 radical (unpaired) electrons. The first-order valence-electron chi connectivity index (χ1n) is 6.03. The molecule has 0 spiro atoms. The lowest BCUT2D eigenvalue weighted by atomic mass is 9.63. The van der Waals surface area contributed by atoms with Crippen molar-refractivity contribution in [1.29, 1.82) is 0 Å². The second-order valence-electron chi connectivity index (χ2n) is 5.14. The van der Waals surface area contributed by atoms with Gasteiger partial charge in [0.15, 0.2) is 0 Å². The van der Waals surface area contributed by atoms with Crippen molar-refractivity contribution in [2.45, 2.75) is 44.6 Å². The van der Waals surface area contributed by atoms with E-state index in [1.165, 1.54) is 12.1 Å². The topological polar surface area (TPSA) is 46.2 Å². The monoisotopic (exact) mass is 239 g/mol. The summed E-state index contributed by atoms with van der Waals surface area (Å²) < 4.78 is 13.4. The molecule has 0 aliphatic heterocycles. The van der Waals surface area contributed by atoms with Gasteiger partial charge in [-0.25, -0.2) is 4.39 Å². The predicted octanol–water partition coefficient (Wildman–Crippen LogP) is 2.59. The van der Waals surface area contributed by atoms with Gasteiger partial charge in [-0.15, -0.1) is 0 Å². The lowest BCUT2D eigenvalue weighted by Crippen LogP contribution is -2.54. The summed E-state index contributed by atoms with van der Waals surface area (Å²) in [5, 5.41) is 9.28. The molecule has 0 amide bonds. The van der Waals surface area contributed by atoms with Crippen molar-refractivity contribution >= 4 is 0 Å². The zero-order valence-electron chi connectivity index (χ0n) is 10.8. The van der Waals surface area contributed by atoms with Crippen molar-refractivity contribution in [2.24, 2.45) is 5.73 Å². The Labute approximate surface area is 103 Å². The molecule has 0 bridgehead atoms. The zero-order chi connectivity index (χ0) is 13.1. The lowest BCUT2D eigenvalue weighted by molar-refractivity contribution is 0.170. The van der Waals surface area contributed by atoms with Crippen LogP contribution in [0, 0.1) is 5.82 Å². The second kappa shape index (κ2) is 5.15. The number of halogens is 1. The molecule has 2 nitrogen and oxygen atoms in total. The van der Waals surface area contributed by atoms with Crippen molar-refractivity contribution in [3.63, 3.8) is 0 Å². The summed E-state index contributed by atoms with van der Waals surface area (Å²) in [5.74, 6) is -0.262. The third kappa shape index (κ3) is 2.67. The van der Waals surface area contributed by atoms with E-state index in [1.807, 2.05) is 26.8 Å². The lowest BCUT2D eigenvalue weighted by Gasteiger charge is -2.44.